The van der Waals surface area contributed by atoms with Gasteiger partial charge in [0, 0.05) is 6.54 Å². The average Bonchev–Trinajstić information content (AvgIpc) is 2.89. The lowest BCUT2D eigenvalue weighted by molar-refractivity contribution is -0.757. The van der Waals surface area contributed by atoms with Crippen molar-refractivity contribution in [1.82, 2.24) is 4.90 Å². The molecule has 1 aliphatic heterocycles. The summed E-state index contributed by atoms with van der Waals surface area (Å²) in [6, 6.07) is -0.625. The van der Waals surface area contributed by atoms with Crippen LogP contribution in [0.1, 0.15) is 46.5 Å². The van der Waals surface area contributed by atoms with Crippen LogP contribution in [0, 0.1) is 10.1 Å². The fourth-order valence-corrected chi connectivity index (χ4v) is 2.16. The number of carbonyl (C=O) groups excluding carboxylic acids is 2. The van der Waals surface area contributed by atoms with Crippen LogP contribution in [0.2, 0.25) is 0 Å². The third-order valence-electron chi connectivity index (χ3n) is 3.13. The Hall–Kier alpha value is -2.06. The zero-order valence-corrected chi connectivity index (χ0v) is 13.8. The molecule has 1 unspecified atom stereocenters. The summed E-state index contributed by atoms with van der Waals surface area (Å²) in [5.74, 6) is -0.469. The number of carbonyl (C=O) groups is 2. The maximum absolute atomic E-state index is 12.1. The molecular weight excluding hydrogens is 308 g/mol. The summed E-state index contributed by atoms with van der Waals surface area (Å²) in [6.07, 6.45) is 1.61. The number of rotatable bonds is 7. The predicted octanol–water partition coefficient (Wildman–Crippen LogP) is 1.92. The Morgan fingerprint density at radius 2 is 1.91 bits per heavy atom. The molecule has 0 aromatic rings. The first-order valence-electron chi connectivity index (χ1n) is 7.64. The Bertz CT molecular complexity index is 433. The number of amides is 1. The third kappa shape index (κ3) is 7.16. The van der Waals surface area contributed by atoms with Gasteiger partial charge in [-0.3, -0.25) is 4.90 Å². The molecule has 0 saturated carbocycles. The van der Waals surface area contributed by atoms with Crippen LogP contribution < -0.4 is 0 Å². The highest BCUT2D eigenvalue weighted by molar-refractivity contribution is 5.82. The topological polar surface area (TPSA) is 108 Å². The quantitative estimate of drug-likeness (QED) is 0.303. The number of likely N-dealkylation sites (tertiary alicyclic amines) is 1. The highest BCUT2D eigenvalue weighted by atomic mass is 16.9. The Labute approximate surface area is 135 Å². The van der Waals surface area contributed by atoms with E-state index in [1.165, 1.54) is 4.90 Å². The molecule has 1 atom stereocenters. The first-order valence-corrected chi connectivity index (χ1v) is 7.64. The lowest BCUT2D eigenvalue weighted by atomic mass is 10.2. The van der Waals surface area contributed by atoms with Crippen molar-refractivity contribution in [3.63, 3.8) is 0 Å². The molecule has 9 heteroatoms. The summed E-state index contributed by atoms with van der Waals surface area (Å²) in [7, 11) is 0. The second-order valence-electron chi connectivity index (χ2n) is 6.26. The van der Waals surface area contributed by atoms with E-state index in [2.05, 4.69) is 4.84 Å². The first kappa shape index (κ1) is 19.0. The summed E-state index contributed by atoms with van der Waals surface area (Å²) in [5, 5.41) is 9.10. The van der Waals surface area contributed by atoms with Crippen LogP contribution in [-0.2, 0) is 19.1 Å². The largest absolute Gasteiger partial charge is 0.464 e. The Kier molecular flexibility index (Phi) is 7.05. The summed E-state index contributed by atoms with van der Waals surface area (Å²) >= 11 is 0. The number of nitrogens with zero attached hydrogens (tertiary/aromatic N) is 2. The minimum absolute atomic E-state index is 0.0297. The zero-order chi connectivity index (χ0) is 17.5. The highest BCUT2D eigenvalue weighted by Crippen LogP contribution is 2.21. The van der Waals surface area contributed by atoms with Gasteiger partial charge in [0.25, 0.3) is 5.09 Å². The maximum atomic E-state index is 12.1. The predicted molar refractivity (Wildman–Crippen MR) is 79.1 cm³/mol. The molecule has 0 aliphatic carbocycles. The van der Waals surface area contributed by atoms with Crippen molar-refractivity contribution in [3.8, 4) is 0 Å². The molecule has 1 heterocycles. The van der Waals surface area contributed by atoms with E-state index in [-0.39, 0.29) is 13.2 Å². The van der Waals surface area contributed by atoms with Gasteiger partial charge in [0.2, 0.25) is 0 Å². The molecule has 1 aliphatic rings. The monoisotopic (exact) mass is 332 g/mol. The van der Waals surface area contributed by atoms with E-state index in [0.717, 1.165) is 6.42 Å². The van der Waals surface area contributed by atoms with Crippen molar-refractivity contribution in [3.05, 3.63) is 10.1 Å². The van der Waals surface area contributed by atoms with Crippen molar-refractivity contribution >= 4 is 12.1 Å². The maximum Gasteiger partial charge on any atom is 0.411 e. The number of esters is 1. The van der Waals surface area contributed by atoms with Gasteiger partial charge in [0.1, 0.15) is 11.6 Å². The van der Waals surface area contributed by atoms with E-state index in [1.807, 2.05) is 0 Å². The minimum atomic E-state index is -0.858. The minimum Gasteiger partial charge on any atom is -0.464 e. The standard InChI is InChI=1S/C14H24N2O7/c1-14(2,3)23-13(18)15-8-6-7-11(15)12(17)21-9-4-5-10-22-16(19)20/h11H,4-10H2,1-3H3. The number of unbranched alkanes of at least 4 members (excludes halogenated alkanes) is 1. The van der Waals surface area contributed by atoms with Crippen LogP contribution >= 0.6 is 0 Å². The van der Waals surface area contributed by atoms with Gasteiger partial charge in [0.05, 0.1) is 13.2 Å². The number of ether oxygens (including phenoxy) is 2. The van der Waals surface area contributed by atoms with Crippen LogP contribution in [0.4, 0.5) is 4.79 Å². The molecule has 0 spiro atoms. The number of hydrogen-bond acceptors (Lipinski definition) is 7. The number of hydrogen-bond donors (Lipinski definition) is 0. The van der Waals surface area contributed by atoms with E-state index >= 15 is 0 Å². The first-order chi connectivity index (χ1) is 10.7. The second-order valence-corrected chi connectivity index (χ2v) is 6.26. The van der Waals surface area contributed by atoms with Gasteiger partial charge >= 0.3 is 12.1 Å². The smallest absolute Gasteiger partial charge is 0.411 e. The molecule has 0 radical (unpaired) electrons. The van der Waals surface area contributed by atoms with Gasteiger partial charge in [-0.05, 0) is 46.5 Å². The lowest BCUT2D eigenvalue weighted by Crippen LogP contribution is -2.44. The molecule has 9 nitrogen and oxygen atoms in total. The van der Waals surface area contributed by atoms with Gasteiger partial charge in [-0.25, -0.2) is 9.59 Å². The van der Waals surface area contributed by atoms with Gasteiger partial charge in [0.15, 0.2) is 0 Å². The van der Waals surface area contributed by atoms with Crippen LogP contribution in [0.5, 0.6) is 0 Å². The SMILES string of the molecule is CC(C)(C)OC(=O)N1CCCC1C(=O)OCCCCO[N+](=O)[O-]. The molecule has 0 N–H and O–H groups in total. The Balaban J connectivity index is 2.34. The van der Waals surface area contributed by atoms with Gasteiger partial charge in [-0.2, -0.15) is 0 Å². The normalized spacial score (nSPS) is 17.7. The van der Waals surface area contributed by atoms with Crippen molar-refractivity contribution in [2.24, 2.45) is 0 Å². The zero-order valence-electron chi connectivity index (χ0n) is 13.8. The summed E-state index contributed by atoms with van der Waals surface area (Å²) in [6.45, 7) is 5.87. The average molecular weight is 332 g/mol. The fraction of sp³-hybridized carbons (Fsp3) is 0.857. The van der Waals surface area contributed by atoms with E-state index in [1.54, 1.807) is 20.8 Å². The van der Waals surface area contributed by atoms with Crippen LogP contribution in [0.3, 0.4) is 0 Å². The molecule has 1 amide bonds. The molecule has 1 fully saturated rings. The Morgan fingerprint density at radius 3 is 2.52 bits per heavy atom. The van der Waals surface area contributed by atoms with E-state index in [4.69, 9.17) is 9.47 Å². The fourth-order valence-electron chi connectivity index (χ4n) is 2.16. The van der Waals surface area contributed by atoms with Crippen molar-refractivity contribution in [1.29, 1.82) is 0 Å². The second kappa shape index (κ2) is 8.54. The summed E-state index contributed by atoms with van der Waals surface area (Å²) in [4.78, 5) is 39.6. The highest BCUT2D eigenvalue weighted by Gasteiger charge is 2.37. The Morgan fingerprint density at radius 1 is 1.26 bits per heavy atom. The molecule has 0 aromatic carbocycles. The molecule has 1 saturated heterocycles. The van der Waals surface area contributed by atoms with E-state index < -0.39 is 28.8 Å². The molecule has 23 heavy (non-hydrogen) atoms. The van der Waals surface area contributed by atoms with E-state index in [9.17, 15) is 19.7 Å². The third-order valence-corrected chi connectivity index (χ3v) is 3.13. The van der Waals surface area contributed by atoms with Crippen molar-refractivity contribution in [2.75, 3.05) is 19.8 Å². The summed E-state index contributed by atoms with van der Waals surface area (Å²) < 4.78 is 10.4. The van der Waals surface area contributed by atoms with Gasteiger partial charge in [-0.1, -0.05) is 0 Å². The molecule has 0 bridgehead atoms. The molecular formula is C14H24N2O7. The molecule has 1 rings (SSSR count). The van der Waals surface area contributed by atoms with Crippen LogP contribution in [0.15, 0.2) is 0 Å². The molecule has 132 valence electrons. The van der Waals surface area contributed by atoms with E-state index in [0.29, 0.717) is 25.8 Å². The van der Waals surface area contributed by atoms with Gasteiger partial charge in [-0.15, -0.1) is 10.1 Å². The van der Waals surface area contributed by atoms with Crippen LogP contribution in [-0.4, -0.2) is 53.5 Å². The van der Waals surface area contributed by atoms with Crippen molar-refractivity contribution < 1.29 is 29.0 Å². The van der Waals surface area contributed by atoms with Gasteiger partial charge < -0.3 is 14.3 Å². The molecule has 0 aromatic heterocycles. The summed E-state index contributed by atoms with van der Waals surface area (Å²) in [5.41, 5.74) is -0.620. The lowest BCUT2D eigenvalue weighted by Gasteiger charge is -2.27. The van der Waals surface area contributed by atoms with Crippen LogP contribution in [0.25, 0.3) is 0 Å². The van der Waals surface area contributed by atoms with Crippen molar-refractivity contribution in [2.45, 2.75) is 58.1 Å².